The summed E-state index contributed by atoms with van der Waals surface area (Å²) in [6, 6.07) is 6.37. The van der Waals surface area contributed by atoms with Crippen LogP contribution in [0.4, 0.5) is 5.69 Å². The summed E-state index contributed by atoms with van der Waals surface area (Å²) in [6.45, 7) is 7.66. The lowest BCUT2D eigenvalue weighted by Gasteiger charge is -2.24. The third-order valence-electron chi connectivity index (χ3n) is 5.25. The molecular weight excluding hydrogens is 328 g/mol. The number of nitrogens with one attached hydrogen (secondary N) is 2. The monoisotopic (exact) mass is 354 g/mol. The minimum absolute atomic E-state index is 0.0951. The summed E-state index contributed by atoms with van der Waals surface area (Å²) in [5.74, 6) is 1.09. The highest BCUT2D eigenvalue weighted by molar-refractivity contribution is 5.56. The quantitative estimate of drug-likeness (QED) is 0.883. The zero-order chi connectivity index (χ0) is 18.1. The molecular formula is C20H26N4O2. The lowest BCUT2D eigenvalue weighted by Crippen LogP contribution is -2.37. The Bertz CT molecular complexity index is 840. The summed E-state index contributed by atoms with van der Waals surface area (Å²) in [5.41, 5.74) is 4.19. The normalized spacial score (nSPS) is 19.7. The number of aromatic nitrogens is 2. The van der Waals surface area contributed by atoms with Crippen LogP contribution in [0.2, 0.25) is 0 Å². The van der Waals surface area contributed by atoms with Crippen LogP contribution in [0, 0.1) is 0 Å². The topological polar surface area (TPSA) is 70.2 Å². The molecule has 26 heavy (non-hydrogen) atoms. The molecule has 0 radical (unpaired) electrons. The summed E-state index contributed by atoms with van der Waals surface area (Å²) in [6.07, 6.45) is 4.29. The van der Waals surface area contributed by atoms with Gasteiger partial charge in [0.05, 0.1) is 11.9 Å². The van der Waals surface area contributed by atoms with Crippen LogP contribution in [0.25, 0.3) is 0 Å². The van der Waals surface area contributed by atoms with Gasteiger partial charge in [0.1, 0.15) is 11.9 Å². The minimum atomic E-state index is -0.0951. The highest BCUT2D eigenvalue weighted by Gasteiger charge is 2.25. The van der Waals surface area contributed by atoms with Crippen molar-refractivity contribution in [2.45, 2.75) is 51.8 Å². The SMILES string of the molecule is CC(C)c1c(N2Cc3ccc(OC4CCCNC4)cc3C2)cn[nH]c1=O. The Labute approximate surface area is 153 Å². The van der Waals surface area contributed by atoms with Crippen molar-refractivity contribution in [2.75, 3.05) is 18.0 Å². The molecule has 2 N–H and O–H groups in total. The van der Waals surface area contributed by atoms with Crippen molar-refractivity contribution in [3.05, 3.63) is 51.4 Å². The van der Waals surface area contributed by atoms with Gasteiger partial charge < -0.3 is 15.0 Å². The van der Waals surface area contributed by atoms with Gasteiger partial charge in [0.15, 0.2) is 0 Å². The van der Waals surface area contributed by atoms with Gasteiger partial charge in [-0.25, -0.2) is 5.10 Å². The van der Waals surface area contributed by atoms with Crippen molar-refractivity contribution in [2.24, 2.45) is 0 Å². The number of hydrogen-bond acceptors (Lipinski definition) is 5. The number of rotatable bonds is 4. The minimum Gasteiger partial charge on any atom is -0.489 e. The van der Waals surface area contributed by atoms with Crippen LogP contribution in [0.1, 0.15) is 49.3 Å². The molecule has 0 saturated carbocycles. The molecule has 0 bridgehead atoms. The molecule has 4 rings (SSSR count). The molecule has 3 heterocycles. The molecule has 6 nitrogen and oxygen atoms in total. The zero-order valence-corrected chi connectivity index (χ0v) is 15.4. The fourth-order valence-corrected chi connectivity index (χ4v) is 3.94. The molecule has 1 atom stereocenters. The van der Waals surface area contributed by atoms with Gasteiger partial charge >= 0.3 is 0 Å². The van der Waals surface area contributed by atoms with E-state index in [9.17, 15) is 4.79 Å². The summed E-state index contributed by atoms with van der Waals surface area (Å²) in [5, 5.41) is 9.97. The highest BCUT2D eigenvalue weighted by atomic mass is 16.5. The molecule has 0 spiro atoms. The van der Waals surface area contributed by atoms with Crippen LogP contribution in [0.5, 0.6) is 5.75 Å². The second kappa shape index (κ2) is 7.11. The number of H-pyrrole nitrogens is 1. The van der Waals surface area contributed by atoms with E-state index in [2.05, 4.69) is 38.6 Å². The Morgan fingerprint density at radius 2 is 2.12 bits per heavy atom. The standard InChI is InChI=1S/C20H26N4O2/c1-13(2)19-18(10-22-23-20(19)25)24-11-14-5-6-16(8-15(14)12-24)26-17-4-3-7-21-9-17/h5-6,8,10,13,17,21H,3-4,7,9,11-12H2,1-2H3,(H,23,25). The molecule has 2 aliphatic rings. The second-order valence-electron chi connectivity index (χ2n) is 7.53. The summed E-state index contributed by atoms with van der Waals surface area (Å²) >= 11 is 0. The van der Waals surface area contributed by atoms with E-state index in [1.54, 1.807) is 6.20 Å². The first kappa shape index (κ1) is 17.1. The number of nitrogens with zero attached hydrogens (tertiary/aromatic N) is 2. The first-order valence-electron chi connectivity index (χ1n) is 9.43. The molecule has 1 fully saturated rings. The molecule has 1 unspecified atom stereocenters. The number of ether oxygens (including phenoxy) is 1. The van der Waals surface area contributed by atoms with Gasteiger partial charge in [0.25, 0.3) is 5.56 Å². The number of hydrogen-bond donors (Lipinski definition) is 2. The van der Waals surface area contributed by atoms with E-state index < -0.39 is 0 Å². The van der Waals surface area contributed by atoms with Gasteiger partial charge in [-0.15, -0.1) is 0 Å². The Morgan fingerprint density at radius 1 is 1.27 bits per heavy atom. The van der Waals surface area contributed by atoms with Gasteiger partial charge in [-0.3, -0.25) is 4.79 Å². The van der Waals surface area contributed by atoms with Crippen molar-refractivity contribution in [1.82, 2.24) is 15.5 Å². The van der Waals surface area contributed by atoms with E-state index in [0.29, 0.717) is 0 Å². The average Bonchev–Trinajstić information content (AvgIpc) is 3.05. The first-order valence-corrected chi connectivity index (χ1v) is 9.43. The van der Waals surface area contributed by atoms with E-state index in [1.807, 2.05) is 13.8 Å². The molecule has 138 valence electrons. The average molecular weight is 354 g/mol. The molecule has 1 saturated heterocycles. The fourth-order valence-electron chi connectivity index (χ4n) is 3.94. The van der Waals surface area contributed by atoms with Crippen LogP contribution in [0.15, 0.2) is 29.2 Å². The number of aromatic amines is 1. The number of anilines is 1. The number of fused-ring (bicyclic) bond motifs is 1. The summed E-state index contributed by atoms with van der Waals surface area (Å²) in [4.78, 5) is 14.4. The maximum absolute atomic E-state index is 12.2. The van der Waals surface area contributed by atoms with Crippen molar-refractivity contribution in [3.8, 4) is 5.75 Å². The first-order chi connectivity index (χ1) is 12.6. The molecule has 1 aromatic carbocycles. The molecule has 2 aliphatic heterocycles. The van der Waals surface area contributed by atoms with Crippen molar-refractivity contribution in [3.63, 3.8) is 0 Å². The molecule has 6 heteroatoms. The maximum atomic E-state index is 12.2. The summed E-state index contributed by atoms with van der Waals surface area (Å²) in [7, 11) is 0. The number of piperidine rings is 1. The van der Waals surface area contributed by atoms with Gasteiger partial charge in [-0.05, 0) is 48.6 Å². The van der Waals surface area contributed by atoms with E-state index in [-0.39, 0.29) is 17.6 Å². The summed E-state index contributed by atoms with van der Waals surface area (Å²) < 4.78 is 6.15. The zero-order valence-electron chi connectivity index (χ0n) is 15.4. The largest absolute Gasteiger partial charge is 0.489 e. The van der Waals surface area contributed by atoms with Crippen LogP contribution in [-0.2, 0) is 13.1 Å². The van der Waals surface area contributed by atoms with E-state index in [1.165, 1.54) is 11.1 Å². The van der Waals surface area contributed by atoms with Crippen LogP contribution < -0.4 is 20.5 Å². The molecule has 2 aromatic rings. The lowest BCUT2D eigenvalue weighted by molar-refractivity contribution is 0.167. The number of benzene rings is 1. The van der Waals surface area contributed by atoms with Crippen molar-refractivity contribution >= 4 is 5.69 Å². The van der Waals surface area contributed by atoms with Gasteiger partial charge in [-0.2, -0.15) is 5.10 Å². The van der Waals surface area contributed by atoms with Gasteiger partial charge in [0.2, 0.25) is 0 Å². The maximum Gasteiger partial charge on any atom is 0.269 e. The van der Waals surface area contributed by atoms with E-state index in [0.717, 1.165) is 56.0 Å². The Balaban J connectivity index is 1.54. The Morgan fingerprint density at radius 3 is 2.88 bits per heavy atom. The van der Waals surface area contributed by atoms with Crippen LogP contribution in [-0.4, -0.2) is 29.4 Å². The lowest BCUT2D eigenvalue weighted by atomic mass is 10.0. The third-order valence-corrected chi connectivity index (χ3v) is 5.25. The second-order valence-corrected chi connectivity index (χ2v) is 7.53. The molecule has 0 aliphatic carbocycles. The van der Waals surface area contributed by atoms with Gasteiger partial charge in [0, 0.05) is 25.2 Å². The Kier molecular flexibility index (Phi) is 4.68. The van der Waals surface area contributed by atoms with E-state index >= 15 is 0 Å². The smallest absolute Gasteiger partial charge is 0.269 e. The fraction of sp³-hybridized carbons (Fsp3) is 0.500. The molecule has 0 amide bonds. The van der Waals surface area contributed by atoms with Gasteiger partial charge in [-0.1, -0.05) is 19.9 Å². The van der Waals surface area contributed by atoms with Crippen molar-refractivity contribution in [1.29, 1.82) is 0 Å². The predicted octanol–water partition coefficient (Wildman–Crippen LogP) is 2.54. The van der Waals surface area contributed by atoms with E-state index in [4.69, 9.17) is 4.74 Å². The van der Waals surface area contributed by atoms with Crippen LogP contribution >= 0.6 is 0 Å². The third kappa shape index (κ3) is 3.33. The Hall–Kier alpha value is -2.34. The predicted molar refractivity (Wildman–Crippen MR) is 102 cm³/mol. The highest BCUT2D eigenvalue weighted by Crippen LogP contribution is 2.33. The van der Waals surface area contributed by atoms with Crippen molar-refractivity contribution < 1.29 is 4.74 Å². The van der Waals surface area contributed by atoms with Crippen LogP contribution in [0.3, 0.4) is 0 Å². The molecule has 1 aromatic heterocycles.